The molecule has 11 heteroatoms. The summed E-state index contributed by atoms with van der Waals surface area (Å²) in [5, 5.41) is 2.93. The van der Waals surface area contributed by atoms with E-state index in [4.69, 9.17) is 27.9 Å². The highest BCUT2D eigenvalue weighted by Crippen LogP contribution is 2.29. The van der Waals surface area contributed by atoms with E-state index >= 15 is 0 Å². The van der Waals surface area contributed by atoms with E-state index in [1.54, 1.807) is 36.4 Å². The quantitative estimate of drug-likeness (QED) is 0.690. The van der Waals surface area contributed by atoms with Crippen molar-refractivity contribution in [1.29, 1.82) is 0 Å². The lowest BCUT2D eigenvalue weighted by Gasteiger charge is -2.09. The van der Waals surface area contributed by atoms with Crippen LogP contribution in [0.25, 0.3) is 0 Å². The molecular weight excluding hydrogens is 429 g/mol. The molecule has 1 aliphatic rings. The highest BCUT2D eigenvalue weighted by atomic mass is 35.5. The van der Waals surface area contributed by atoms with Gasteiger partial charge in [-0.1, -0.05) is 41.4 Å². The highest BCUT2D eigenvalue weighted by molar-refractivity contribution is 7.90. The number of carbonyl (C=O) groups excluding carboxylic acids is 2. The maximum atomic E-state index is 12.0. The van der Waals surface area contributed by atoms with E-state index in [-0.39, 0.29) is 26.5 Å². The summed E-state index contributed by atoms with van der Waals surface area (Å²) in [4.78, 5) is 27.7. The number of hydrogen-bond acceptors (Lipinski definition) is 6. The molecule has 0 spiro atoms. The fraction of sp³-hybridized carbons (Fsp3) is 0.118. The Morgan fingerprint density at radius 2 is 1.75 bits per heavy atom. The zero-order valence-electron chi connectivity index (χ0n) is 14.1. The average molecular weight is 442 g/mol. The molecule has 1 heterocycles. The standard InChI is InChI=1S/C17H13Cl2N3O5S/c18-11-5-3-6-12(19)16(11)21-14(23)9-27-15(24)8-20-17-10-4-1-2-7-13(10)28(25,26)22-17/h1-7H,8-9H2,(H,20,22)(H,21,23). The molecule has 0 saturated carbocycles. The first-order valence-corrected chi connectivity index (χ1v) is 10.1. The molecule has 2 N–H and O–H groups in total. The van der Waals surface area contributed by atoms with Gasteiger partial charge in [-0.05, 0) is 24.3 Å². The SMILES string of the molecule is O=C(COC(=O)CN=C1NS(=O)(=O)c2ccccc21)Nc1c(Cl)cccc1Cl. The van der Waals surface area contributed by atoms with Crippen LogP contribution in [0, 0.1) is 0 Å². The fourth-order valence-electron chi connectivity index (χ4n) is 2.38. The van der Waals surface area contributed by atoms with Gasteiger partial charge in [0.25, 0.3) is 15.9 Å². The maximum absolute atomic E-state index is 12.0. The van der Waals surface area contributed by atoms with Crippen molar-refractivity contribution in [3.63, 3.8) is 0 Å². The number of nitrogens with one attached hydrogen (secondary N) is 2. The molecule has 0 radical (unpaired) electrons. The van der Waals surface area contributed by atoms with E-state index in [2.05, 4.69) is 15.0 Å². The lowest BCUT2D eigenvalue weighted by molar-refractivity contribution is -0.145. The van der Waals surface area contributed by atoms with Gasteiger partial charge in [-0.3, -0.25) is 19.3 Å². The zero-order valence-corrected chi connectivity index (χ0v) is 16.4. The number of amides is 1. The van der Waals surface area contributed by atoms with Crippen molar-refractivity contribution in [2.75, 3.05) is 18.5 Å². The Kier molecular flexibility index (Phi) is 5.87. The Hall–Kier alpha value is -2.62. The van der Waals surface area contributed by atoms with Gasteiger partial charge in [-0.15, -0.1) is 0 Å². The first-order chi connectivity index (χ1) is 13.3. The summed E-state index contributed by atoms with van der Waals surface area (Å²) in [6.45, 7) is -1.04. The Bertz CT molecular complexity index is 1070. The summed E-state index contributed by atoms with van der Waals surface area (Å²) in [5.74, 6) is -1.40. The number of anilines is 1. The van der Waals surface area contributed by atoms with Gasteiger partial charge in [0.1, 0.15) is 12.4 Å². The number of amidine groups is 1. The van der Waals surface area contributed by atoms with E-state index in [1.165, 1.54) is 6.07 Å². The van der Waals surface area contributed by atoms with Crippen LogP contribution < -0.4 is 10.0 Å². The number of para-hydroxylation sites is 1. The molecule has 146 valence electrons. The number of sulfonamides is 1. The normalized spacial score (nSPS) is 15.6. The molecule has 0 bridgehead atoms. The largest absolute Gasteiger partial charge is 0.454 e. The Labute approximate surface area is 170 Å². The molecule has 1 aliphatic heterocycles. The van der Waals surface area contributed by atoms with E-state index in [0.717, 1.165) is 0 Å². The van der Waals surface area contributed by atoms with Crippen LogP contribution in [-0.2, 0) is 24.3 Å². The van der Waals surface area contributed by atoms with Crippen LogP contribution in [0.3, 0.4) is 0 Å². The van der Waals surface area contributed by atoms with Crippen molar-refractivity contribution in [3.05, 3.63) is 58.1 Å². The summed E-state index contributed by atoms with van der Waals surface area (Å²) in [6, 6.07) is 10.9. The lowest BCUT2D eigenvalue weighted by Crippen LogP contribution is -2.25. The number of benzene rings is 2. The summed E-state index contributed by atoms with van der Waals surface area (Å²) in [7, 11) is -3.69. The number of esters is 1. The number of fused-ring (bicyclic) bond motifs is 1. The van der Waals surface area contributed by atoms with E-state index in [0.29, 0.717) is 5.56 Å². The van der Waals surface area contributed by atoms with E-state index in [9.17, 15) is 18.0 Å². The first-order valence-electron chi connectivity index (χ1n) is 7.84. The summed E-state index contributed by atoms with van der Waals surface area (Å²) in [6.07, 6.45) is 0. The van der Waals surface area contributed by atoms with Crippen LogP contribution in [0.5, 0.6) is 0 Å². The minimum absolute atomic E-state index is 0.0415. The average Bonchev–Trinajstić information content (AvgIpc) is 2.92. The van der Waals surface area contributed by atoms with Crippen LogP contribution in [-0.4, -0.2) is 39.3 Å². The van der Waals surface area contributed by atoms with Crippen molar-refractivity contribution in [3.8, 4) is 0 Å². The van der Waals surface area contributed by atoms with Gasteiger partial charge in [0, 0.05) is 5.56 Å². The highest BCUT2D eigenvalue weighted by Gasteiger charge is 2.30. The topological polar surface area (TPSA) is 114 Å². The third-order valence-electron chi connectivity index (χ3n) is 3.62. The van der Waals surface area contributed by atoms with E-state index < -0.39 is 35.1 Å². The minimum Gasteiger partial charge on any atom is -0.454 e. The lowest BCUT2D eigenvalue weighted by atomic mass is 10.2. The van der Waals surface area contributed by atoms with Crippen LogP contribution >= 0.6 is 23.2 Å². The van der Waals surface area contributed by atoms with Gasteiger partial charge in [0.2, 0.25) is 0 Å². The molecular formula is C17H13Cl2N3O5S. The molecule has 2 aromatic carbocycles. The second kappa shape index (κ2) is 8.17. The van der Waals surface area contributed by atoms with Crippen molar-refractivity contribution in [1.82, 2.24) is 4.72 Å². The molecule has 0 fully saturated rings. The minimum atomic E-state index is -3.69. The number of aliphatic imine (C=N–C) groups is 1. The van der Waals surface area contributed by atoms with Crippen LogP contribution in [0.4, 0.5) is 5.69 Å². The van der Waals surface area contributed by atoms with Crippen LogP contribution in [0.2, 0.25) is 10.0 Å². The second-order valence-corrected chi connectivity index (χ2v) is 8.04. The van der Waals surface area contributed by atoms with Crippen LogP contribution in [0.15, 0.2) is 52.4 Å². The number of ether oxygens (including phenoxy) is 1. The molecule has 2 aromatic rings. The molecule has 3 rings (SSSR count). The molecule has 28 heavy (non-hydrogen) atoms. The third-order valence-corrected chi connectivity index (χ3v) is 5.65. The molecule has 0 unspecified atom stereocenters. The molecule has 0 aliphatic carbocycles. The number of hydrogen-bond donors (Lipinski definition) is 2. The molecule has 1 amide bonds. The number of halogens is 2. The van der Waals surface area contributed by atoms with Gasteiger partial charge in [-0.2, -0.15) is 0 Å². The van der Waals surface area contributed by atoms with E-state index in [1.807, 2.05) is 0 Å². The smallest absolute Gasteiger partial charge is 0.328 e. The fourth-order valence-corrected chi connectivity index (χ4v) is 4.12. The van der Waals surface area contributed by atoms with Gasteiger partial charge in [0.05, 0.1) is 20.6 Å². The monoisotopic (exact) mass is 441 g/mol. The second-order valence-electron chi connectivity index (χ2n) is 5.57. The predicted molar refractivity (Wildman–Crippen MR) is 104 cm³/mol. The predicted octanol–water partition coefficient (Wildman–Crippen LogP) is 2.21. The summed E-state index contributed by atoms with van der Waals surface area (Å²) in [5.41, 5.74) is 0.575. The van der Waals surface area contributed by atoms with Gasteiger partial charge >= 0.3 is 5.97 Å². The van der Waals surface area contributed by atoms with Crippen molar-refractivity contribution >= 4 is 56.6 Å². The Morgan fingerprint density at radius 3 is 2.46 bits per heavy atom. The van der Waals surface area contributed by atoms with Crippen molar-refractivity contribution in [2.45, 2.75) is 4.90 Å². The number of nitrogens with zero attached hydrogens (tertiary/aromatic N) is 1. The summed E-state index contributed by atoms with van der Waals surface area (Å²) < 4.78 is 31.0. The third kappa shape index (κ3) is 4.44. The molecule has 8 nitrogen and oxygen atoms in total. The molecule has 0 atom stereocenters. The van der Waals surface area contributed by atoms with Gasteiger partial charge < -0.3 is 10.1 Å². The Balaban J connectivity index is 1.57. The van der Waals surface area contributed by atoms with Crippen molar-refractivity contribution in [2.24, 2.45) is 4.99 Å². The number of rotatable bonds is 5. The van der Waals surface area contributed by atoms with Crippen LogP contribution in [0.1, 0.15) is 5.56 Å². The molecule has 0 aromatic heterocycles. The van der Waals surface area contributed by atoms with Gasteiger partial charge in [0.15, 0.2) is 6.61 Å². The maximum Gasteiger partial charge on any atom is 0.328 e. The Morgan fingerprint density at radius 1 is 1.07 bits per heavy atom. The summed E-state index contributed by atoms with van der Waals surface area (Å²) >= 11 is 11.9. The van der Waals surface area contributed by atoms with Gasteiger partial charge in [-0.25, -0.2) is 8.42 Å². The number of carbonyl (C=O) groups is 2. The zero-order chi connectivity index (χ0) is 20.3. The van der Waals surface area contributed by atoms with Crippen molar-refractivity contribution < 1.29 is 22.7 Å². The first kappa shape index (κ1) is 20.1. The molecule has 0 saturated heterocycles.